The Balaban J connectivity index is 2.17. The minimum absolute atomic E-state index is 0.0641. The second-order valence-corrected chi connectivity index (χ2v) is 5.88. The molecule has 0 aliphatic carbocycles. The first kappa shape index (κ1) is 18.2. The van der Waals surface area contributed by atoms with Gasteiger partial charge in [-0.05, 0) is 31.7 Å². The number of amides is 1. The predicted molar refractivity (Wildman–Crippen MR) is 89.4 cm³/mol. The van der Waals surface area contributed by atoms with Gasteiger partial charge in [0.05, 0.1) is 18.1 Å². The Morgan fingerprint density at radius 3 is 2.83 bits per heavy atom. The molecule has 1 atom stereocenters. The number of rotatable bonds is 7. The molecule has 0 radical (unpaired) electrons. The summed E-state index contributed by atoms with van der Waals surface area (Å²) in [5.74, 6) is -0.0598. The van der Waals surface area contributed by atoms with E-state index in [4.69, 9.17) is 9.47 Å². The highest BCUT2D eigenvalue weighted by Gasteiger charge is 2.24. The molecular weight excluding hydrogens is 312 g/mol. The van der Waals surface area contributed by atoms with E-state index in [1.165, 1.54) is 25.3 Å². The maximum atomic E-state index is 12.8. The first-order valence-corrected chi connectivity index (χ1v) is 8.30. The SMILES string of the molecule is CCCN(C[C@@H]1CCCCO1)C(=O)c1ccc([N+](=O)[O-])c(OC)c1. The first-order chi connectivity index (χ1) is 11.6. The van der Waals surface area contributed by atoms with E-state index in [9.17, 15) is 14.9 Å². The second-order valence-electron chi connectivity index (χ2n) is 5.88. The number of methoxy groups -OCH3 is 1. The molecule has 1 aromatic rings. The van der Waals surface area contributed by atoms with E-state index < -0.39 is 4.92 Å². The van der Waals surface area contributed by atoms with Crippen molar-refractivity contribution in [3.63, 3.8) is 0 Å². The van der Waals surface area contributed by atoms with Gasteiger partial charge in [-0.3, -0.25) is 14.9 Å². The number of nitro benzene ring substituents is 1. The lowest BCUT2D eigenvalue weighted by Gasteiger charge is -2.30. The van der Waals surface area contributed by atoms with Gasteiger partial charge in [0, 0.05) is 37.4 Å². The van der Waals surface area contributed by atoms with Crippen LogP contribution in [0.3, 0.4) is 0 Å². The van der Waals surface area contributed by atoms with Crippen molar-refractivity contribution in [1.29, 1.82) is 0 Å². The van der Waals surface area contributed by atoms with E-state index in [0.29, 0.717) is 18.7 Å². The van der Waals surface area contributed by atoms with Gasteiger partial charge in [-0.1, -0.05) is 6.92 Å². The van der Waals surface area contributed by atoms with E-state index >= 15 is 0 Å². The highest BCUT2D eigenvalue weighted by Crippen LogP contribution is 2.28. The standard InChI is InChI=1S/C17H24N2O5/c1-3-9-18(12-14-6-4-5-10-24-14)17(20)13-7-8-15(19(21)22)16(11-13)23-2/h7-8,11,14H,3-6,9-10,12H2,1-2H3/t14-/m0/s1. The van der Waals surface area contributed by atoms with Crippen LogP contribution < -0.4 is 4.74 Å². The van der Waals surface area contributed by atoms with Crippen LogP contribution in [0.5, 0.6) is 5.75 Å². The van der Waals surface area contributed by atoms with Crippen molar-refractivity contribution < 1.29 is 19.2 Å². The number of carbonyl (C=O) groups excluding carboxylic acids is 1. The molecule has 0 aromatic heterocycles. The number of carbonyl (C=O) groups is 1. The molecule has 1 amide bonds. The smallest absolute Gasteiger partial charge is 0.310 e. The zero-order valence-electron chi connectivity index (χ0n) is 14.2. The molecule has 0 spiro atoms. The molecular formula is C17H24N2O5. The van der Waals surface area contributed by atoms with Gasteiger partial charge in [-0.15, -0.1) is 0 Å². The Hall–Kier alpha value is -2.15. The van der Waals surface area contributed by atoms with Crippen molar-refractivity contribution in [1.82, 2.24) is 4.90 Å². The first-order valence-electron chi connectivity index (χ1n) is 8.30. The van der Waals surface area contributed by atoms with Gasteiger partial charge in [0.25, 0.3) is 5.91 Å². The number of hydrogen-bond acceptors (Lipinski definition) is 5. The highest BCUT2D eigenvalue weighted by molar-refractivity contribution is 5.95. The predicted octanol–water partition coefficient (Wildman–Crippen LogP) is 3.02. The van der Waals surface area contributed by atoms with Gasteiger partial charge in [0.15, 0.2) is 5.75 Å². The van der Waals surface area contributed by atoms with Gasteiger partial charge in [-0.2, -0.15) is 0 Å². The van der Waals surface area contributed by atoms with E-state index in [1.54, 1.807) is 4.90 Å². The Morgan fingerprint density at radius 1 is 1.46 bits per heavy atom. The molecule has 1 aliphatic heterocycles. The lowest BCUT2D eigenvalue weighted by atomic mass is 10.1. The van der Waals surface area contributed by atoms with E-state index in [0.717, 1.165) is 32.3 Å². The fraction of sp³-hybridized carbons (Fsp3) is 0.588. The molecule has 1 fully saturated rings. The molecule has 24 heavy (non-hydrogen) atoms. The summed E-state index contributed by atoms with van der Waals surface area (Å²) in [4.78, 5) is 25.0. The Labute approximate surface area is 141 Å². The number of ether oxygens (including phenoxy) is 2. The van der Waals surface area contributed by atoms with Crippen LogP contribution in [0.2, 0.25) is 0 Å². The average molecular weight is 336 g/mol. The fourth-order valence-corrected chi connectivity index (χ4v) is 2.89. The molecule has 0 N–H and O–H groups in total. The molecule has 1 aromatic carbocycles. The molecule has 7 nitrogen and oxygen atoms in total. The fourth-order valence-electron chi connectivity index (χ4n) is 2.89. The van der Waals surface area contributed by atoms with E-state index in [-0.39, 0.29) is 23.4 Å². The summed E-state index contributed by atoms with van der Waals surface area (Å²) in [6, 6.07) is 4.23. The Kier molecular flexibility index (Phi) is 6.54. The molecule has 1 heterocycles. The molecule has 0 bridgehead atoms. The van der Waals surface area contributed by atoms with Crippen molar-refractivity contribution in [3.8, 4) is 5.75 Å². The summed E-state index contributed by atoms with van der Waals surface area (Å²) in [5, 5.41) is 11.0. The lowest BCUT2D eigenvalue weighted by Crippen LogP contribution is -2.40. The van der Waals surface area contributed by atoms with Crippen molar-refractivity contribution in [2.75, 3.05) is 26.8 Å². The number of benzene rings is 1. The third kappa shape index (κ3) is 4.44. The van der Waals surface area contributed by atoms with Crippen molar-refractivity contribution in [2.24, 2.45) is 0 Å². The Morgan fingerprint density at radius 2 is 2.25 bits per heavy atom. The average Bonchev–Trinajstić information content (AvgIpc) is 2.61. The highest BCUT2D eigenvalue weighted by atomic mass is 16.6. The summed E-state index contributed by atoms with van der Waals surface area (Å²) in [6.45, 7) is 3.92. The number of hydrogen-bond donors (Lipinski definition) is 0. The van der Waals surface area contributed by atoms with Gasteiger partial charge in [-0.25, -0.2) is 0 Å². The van der Waals surface area contributed by atoms with Crippen LogP contribution in [-0.2, 0) is 4.74 Å². The molecule has 0 unspecified atom stereocenters. The topological polar surface area (TPSA) is 81.9 Å². The van der Waals surface area contributed by atoms with Crippen LogP contribution in [0.1, 0.15) is 43.0 Å². The van der Waals surface area contributed by atoms with Gasteiger partial charge in [0.1, 0.15) is 0 Å². The van der Waals surface area contributed by atoms with Crippen molar-refractivity contribution in [2.45, 2.75) is 38.7 Å². The molecule has 1 aliphatic rings. The quantitative estimate of drug-likeness (QED) is 0.564. The maximum absolute atomic E-state index is 12.8. The minimum Gasteiger partial charge on any atom is -0.490 e. The molecule has 2 rings (SSSR count). The van der Waals surface area contributed by atoms with Crippen LogP contribution >= 0.6 is 0 Å². The summed E-state index contributed by atoms with van der Waals surface area (Å²) in [6.07, 6.45) is 4.04. The molecule has 132 valence electrons. The van der Waals surface area contributed by atoms with Crippen LogP contribution in [-0.4, -0.2) is 48.6 Å². The third-order valence-electron chi connectivity index (χ3n) is 4.10. The maximum Gasteiger partial charge on any atom is 0.310 e. The summed E-state index contributed by atoms with van der Waals surface area (Å²) in [5.41, 5.74) is 0.244. The van der Waals surface area contributed by atoms with Crippen LogP contribution in [0.25, 0.3) is 0 Å². The summed E-state index contributed by atoms with van der Waals surface area (Å²) >= 11 is 0. The van der Waals surface area contributed by atoms with Crippen LogP contribution in [0.15, 0.2) is 18.2 Å². The number of nitro groups is 1. The lowest BCUT2D eigenvalue weighted by molar-refractivity contribution is -0.385. The third-order valence-corrected chi connectivity index (χ3v) is 4.10. The van der Waals surface area contributed by atoms with Gasteiger partial charge in [0.2, 0.25) is 0 Å². The largest absolute Gasteiger partial charge is 0.490 e. The van der Waals surface area contributed by atoms with E-state index in [2.05, 4.69) is 0 Å². The molecule has 1 saturated heterocycles. The van der Waals surface area contributed by atoms with Gasteiger partial charge < -0.3 is 14.4 Å². The number of nitrogens with zero attached hydrogens (tertiary/aromatic N) is 2. The van der Waals surface area contributed by atoms with E-state index in [1.807, 2.05) is 6.92 Å². The normalized spacial score (nSPS) is 17.3. The second kappa shape index (κ2) is 8.63. The van der Waals surface area contributed by atoms with Gasteiger partial charge >= 0.3 is 5.69 Å². The summed E-state index contributed by atoms with van der Waals surface area (Å²) < 4.78 is 10.8. The summed E-state index contributed by atoms with van der Waals surface area (Å²) in [7, 11) is 1.36. The van der Waals surface area contributed by atoms with Crippen molar-refractivity contribution >= 4 is 11.6 Å². The zero-order chi connectivity index (χ0) is 17.5. The monoisotopic (exact) mass is 336 g/mol. The molecule has 0 saturated carbocycles. The Bertz CT molecular complexity index is 584. The molecule has 7 heteroatoms. The van der Waals surface area contributed by atoms with Crippen LogP contribution in [0.4, 0.5) is 5.69 Å². The van der Waals surface area contributed by atoms with Crippen LogP contribution in [0, 0.1) is 10.1 Å². The zero-order valence-corrected chi connectivity index (χ0v) is 14.2. The van der Waals surface area contributed by atoms with Crippen molar-refractivity contribution in [3.05, 3.63) is 33.9 Å². The minimum atomic E-state index is -0.521.